The zero-order valence-corrected chi connectivity index (χ0v) is 21.2. The van der Waals surface area contributed by atoms with Crippen molar-refractivity contribution in [3.8, 4) is 0 Å². The molecule has 2 aromatic rings. The van der Waals surface area contributed by atoms with Crippen molar-refractivity contribution in [1.29, 1.82) is 0 Å². The summed E-state index contributed by atoms with van der Waals surface area (Å²) >= 11 is 0. The molecule has 0 saturated carbocycles. The molecule has 12 heteroatoms. The maximum absolute atomic E-state index is 12.8. The summed E-state index contributed by atoms with van der Waals surface area (Å²) in [6, 6.07) is 4.77. The fraction of sp³-hybridized carbons (Fsp3) is 0.409. The Balaban J connectivity index is 2.83. The number of hydrogen-bond acceptors (Lipinski definition) is 9. The van der Waals surface area contributed by atoms with E-state index < -0.39 is 25.6 Å². The highest BCUT2D eigenvalue weighted by molar-refractivity contribution is 7.95. The van der Waals surface area contributed by atoms with Gasteiger partial charge in [0.1, 0.15) is 0 Å². The fourth-order valence-electron chi connectivity index (χ4n) is 3.18. The van der Waals surface area contributed by atoms with Crippen LogP contribution in [-0.4, -0.2) is 49.9 Å². The number of carbonyl (C=O) groups excluding carboxylic acids is 1. The lowest BCUT2D eigenvalue weighted by Crippen LogP contribution is -2.31. The van der Waals surface area contributed by atoms with Crippen LogP contribution in [0.4, 0.5) is 23.0 Å². The maximum Gasteiger partial charge on any atom is 0.353 e. The van der Waals surface area contributed by atoms with Crippen molar-refractivity contribution in [3.63, 3.8) is 0 Å². The Morgan fingerprint density at radius 2 is 1.88 bits per heavy atom. The van der Waals surface area contributed by atoms with Crippen LogP contribution in [0.3, 0.4) is 0 Å². The van der Waals surface area contributed by atoms with Crippen molar-refractivity contribution in [1.82, 2.24) is 15.3 Å². The first-order valence-corrected chi connectivity index (χ1v) is 11.8. The zero-order valence-electron chi connectivity index (χ0n) is 20.4. The third kappa shape index (κ3) is 5.87. The van der Waals surface area contributed by atoms with Crippen LogP contribution in [0.2, 0.25) is 0 Å². The smallest absolute Gasteiger partial charge is 0.353 e. The van der Waals surface area contributed by atoms with Crippen molar-refractivity contribution in [2.75, 3.05) is 30.9 Å². The predicted octanol–water partition coefficient (Wildman–Crippen LogP) is 3.59. The molecular weight excluding hydrogens is 460 g/mol. The fourth-order valence-corrected chi connectivity index (χ4v) is 3.91. The molecule has 0 spiro atoms. The number of nitro groups is 1. The highest BCUT2D eigenvalue weighted by Crippen LogP contribution is 2.37. The van der Waals surface area contributed by atoms with E-state index in [9.17, 15) is 23.3 Å². The van der Waals surface area contributed by atoms with E-state index >= 15 is 0 Å². The molecule has 0 aliphatic carbocycles. The molecule has 0 radical (unpaired) electrons. The van der Waals surface area contributed by atoms with Crippen LogP contribution >= 0.6 is 0 Å². The van der Waals surface area contributed by atoms with E-state index in [1.807, 2.05) is 20.8 Å². The van der Waals surface area contributed by atoms with E-state index in [4.69, 9.17) is 0 Å². The summed E-state index contributed by atoms with van der Waals surface area (Å²) < 4.78 is 25.7. The first-order valence-electron chi connectivity index (χ1n) is 10.4. The monoisotopic (exact) mass is 490 g/mol. The largest absolute Gasteiger partial charge is 0.355 e. The summed E-state index contributed by atoms with van der Waals surface area (Å²) in [6.07, 6.45) is 0. The topological polar surface area (TPSA) is 147 Å². The van der Waals surface area contributed by atoms with Gasteiger partial charge in [-0.1, -0.05) is 33.4 Å². The third-order valence-corrected chi connectivity index (χ3v) is 6.36. The minimum absolute atomic E-state index is 0.155. The second-order valence-corrected chi connectivity index (χ2v) is 11.2. The molecule has 0 bridgehead atoms. The predicted molar refractivity (Wildman–Crippen MR) is 131 cm³/mol. The van der Waals surface area contributed by atoms with Gasteiger partial charge in [-0.05, 0) is 37.0 Å². The first kappa shape index (κ1) is 26.7. The number of anilines is 3. The normalized spacial score (nSPS) is 11.6. The number of hydrogen-bond donors (Lipinski definition) is 2. The molecule has 1 aromatic heterocycles. The number of rotatable bonds is 8. The molecule has 11 nitrogen and oxygen atoms in total. The molecular formula is C22H30N6O5S. The van der Waals surface area contributed by atoms with Gasteiger partial charge in [0.15, 0.2) is 0 Å². The summed E-state index contributed by atoms with van der Waals surface area (Å²) in [5.41, 5.74) is 0.567. The Morgan fingerprint density at radius 3 is 2.38 bits per heavy atom. The minimum atomic E-state index is -4.14. The average Bonchev–Trinajstić information content (AvgIpc) is 2.72. The number of nitrogens with one attached hydrogen (secondary N) is 2. The molecule has 0 saturated heterocycles. The molecule has 1 amide bonds. The van der Waals surface area contributed by atoms with Gasteiger partial charge < -0.3 is 15.5 Å². The number of aromatic nitrogens is 2. The number of amides is 1. The van der Waals surface area contributed by atoms with Gasteiger partial charge in [-0.15, -0.1) is 0 Å². The SMILES string of the molecule is C=C(C)S(=O)(=O)c1nc(Nc2cc(C(=O)NC)ccc2C)c([N+](=O)[O-])c(N(C)CC(C)(C)C)n1. The van der Waals surface area contributed by atoms with E-state index in [0.717, 1.165) is 0 Å². The molecule has 2 rings (SSSR count). The van der Waals surface area contributed by atoms with Gasteiger partial charge >= 0.3 is 5.69 Å². The number of carbonyl (C=O) groups is 1. The second kappa shape index (κ2) is 9.75. The standard InChI is InChI=1S/C22H30N6O5S/c1-13(2)34(32,33)21-25-18(24-16-11-15(20(29)23-7)10-9-14(16)3)17(28(30)31)19(26-21)27(8)12-22(4,5)6/h9-11H,1,12H2,2-8H3,(H,23,29)(H,24,25,26). The lowest BCUT2D eigenvalue weighted by molar-refractivity contribution is -0.383. The Bertz CT molecular complexity index is 1250. The summed E-state index contributed by atoms with van der Waals surface area (Å²) in [5, 5.41) is 16.9. The number of sulfone groups is 1. The maximum atomic E-state index is 12.8. The summed E-state index contributed by atoms with van der Waals surface area (Å²) in [5.74, 6) is -0.818. The van der Waals surface area contributed by atoms with Gasteiger partial charge in [-0.2, -0.15) is 9.97 Å². The Kier molecular flexibility index (Phi) is 7.66. The van der Waals surface area contributed by atoms with Crippen molar-refractivity contribution >= 4 is 38.8 Å². The molecule has 0 unspecified atom stereocenters. The summed E-state index contributed by atoms with van der Waals surface area (Å²) in [6.45, 7) is 12.7. The minimum Gasteiger partial charge on any atom is -0.355 e. The van der Waals surface area contributed by atoms with E-state index in [1.165, 1.54) is 24.9 Å². The van der Waals surface area contributed by atoms with Gasteiger partial charge in [0, 0.05) is 36.8 Å². The highest BCUT2D eigenvalue weighted by Gasteiger charge is 2.33. The van der Waals surface area contributed by atoms with Crippen molar-refractivity contribution in [3.05, 3.63) is 50.9 Å². The van der Waals surface area contributed by atoms with Crippen LogP contribution < -0.4 is 15.5 Å². The molecule has 34 heavy (non-hydrogen) atoms. The molecule has 2 N–H and O–H groups in total. The molecule has 1 aromatic carbocycles. The van der Waals surface area contributed by atoms with E-state index in [-0.39, 0.29) is 27.9 Å². The van der Waals surface area contributed by atoms with Crippen LogP contribution in [0.15, 0.2) is 34.8 Å². The van der Waals surface area contributed by atoms with Gasteiger partial charge in [0.25, 0.3) is 11.1 Å². The van der Waals surface area contributed by atoms with Gasteiger partial charge in [-0.3, -0.25) is 14.9 Å². The summed E-state index contributed by atoms with van der Waals surface area (Å²) in [7, 11) is -1.06. The van der Waals surface area contributed by atoms with Crippen LogP contribution in [0.25, 0.3) is 0 Å². The zero-order chi connectivity index (χ0) is 26.0. The van der Waals surface area contributed by atoms with Gasteiger partial charge in [-0.25, -0.2) is 8.42 Å². The molecule has 1 heterocycles. The molecule has 0 aliphatic heterocycles. The van der Waals surface area contributed by atoms with Crippen molar-refractivity contribution < 1.29 is 18.1 Å². The quantitative estimate of drug-likeness (QED) is 0.322. The first-order chi connectivity index (χ1) is 15.6. The van der Waals surface area contributed by atoms with Crippen LogP contribution in [0.1, 0.15) is 43.6 Å². The Morgan fingerprint density at radius 1 is 1.26 bits per heavy atom. The number of allylic oxidation sites excluding steroid dienone is 1. The lowest BCUT2D eigenvalue weighted by Gasteiger charge is -2.27. The van der Waals surface area contributed by atoms with Crippen LogP contribution in [-0.2, 0) is 9.84 Å². The van der Waals surface area contributed by atoms with E-state index in [0.29, 0.717) is 23.4 Å². The van der Waals surface area contributed by atoms with Crippen molar-refractivity contribution in [2.24, 2.45) is 5.41 Å². The van der Waals surface area contributed by atoms with E-state index in [1.54, 1.807) is 26.1 Å². The van der Waals surface area contributed by atoms with Crippen LogP contribution in [0, 0.1) is 22.5 Å². The average molecular weight is 491 g/mol. The number of nitrogens with zero attached hydrogens (tertiary/aromatic N) is 4. The van der Waals surface area contributed by atoms with E-state index in [2.05, 4.69) is 27.2 Å². The van der Waals surface area contributed by atoms with Gasteiger partial charge in [0.05, 0.1) is 4.92 Å². The third-order valence-electron chi connectivity index (χ3n) is 4.78. The van der Waals surface area contributed by atoms with Crippen molar-refractivity contribution in [2.45, 2.75) is 39.8 Å². The number of benzene rings is 1. The second-order valence-electron chi connectivity index (χ2n) is 9.14. The van der Waals surface area contributed by atoms with Gasteiger partial charge in [0.2, 0.25) is 21.5 Å². The molecule has 0 fully saturated rings. The molecule has 184 valence electrons. The molecule has 0 atom stereocenters. The lowest BCUT2D eigenvalue weighted by atomic mass is 9.96. The Labute approximate surface area is 199 Å². The highest BCUT2D eigenvalue weighted by atomic mass is 32.2. The number of aryl methyl sites for hydroxylation is 1. The Hall–Kier alpha value is -3.54. The summed E-state index contributed by atoms with van der Waals surface area (Å²) in [4.78, 5) is 33.0. The molecule has 0 aliphatic rings. The van der Waals surface area contributed by atoms with Crippen LogP contribution in [0.5, 0.6) is 0 Å².